The van der Waals surface area contributed by atoms with Crippen LogP contribution in [0.15, 0.2) is 30.7 Å². The zero-order chi connectivity index (χ0) is 13.7. The summed E-state index contributed by atoms with van der Waals surface area (Å²) in [7, 11) is 1.94. The van der Waals surface area contributed by atoms with E-state index >= 15 is 0 Å². The van der Waals surface area contributed by atoms with Gasteiger partial charge in [-0.15, -0.1) is 0 Å². The summed E-state index contributed by atoms with van der Waals surface area (Å²) in [6.07, 6.45) is 8.39. The van der Waals surface area contributed by atoms with E-state index in [-0.39, 0.29) is 18.0 Å². The van der Waals surface area contributed by atoms with E-state index in [1.165, 1.54) is 5.56 Å². The van der Waals surface area contributed by atoms with Crippen LogP contribution in [-0.2, 0) is 13.5 Å². The Morgan fingerprint density at radius 2 is 2.30 bits per heavy atom. The molecule has 2 aliphatic rings. The second kappa shape index (κ2) is 4.16. The average Bonchev–Trinajstić information content (AvgIpc) is 3.00. The quantitative estimate of drug-likeness (QED) is 0.791. The third-order valence-corrected chi connectivity index (χ3v) is 4.37. The maximum Gasteiger partial charge on any atom is 0.256 e. The number of rotatable bonds is 1. The molecule has 2 unspecified atom stereocenters. The molecule has 2 bridgehead atoms. The van der Waals surface area contributed by atoms with E-state index in [2.05, 4.69) is 16.3 Å². The highest BCUT2D eigenvalue weighted by Gasteiger charge is 2.44. The number of hydrogen-bond donors (Lipinski definition) is 0. The van der Waals surface area contributed by atoms with E-state index in [0.717, 1.165) is 25.0 Å². The van der Waals surface area contributed by atoms with Crippen molar-refractivity contribution in [2.75, 3.05) is 0 Å². The van der Waals surface area contributed by atoms with Crippen molar-refractivity contribution in [1.29, 1.82) is 0 Å². The summed E-state index contributed by atoms with van der Waals surface area (Å²) < 4.78 is 1.86. The Hall–Kier alpha value is -2.17. The topological polar surface area (TPSA) is 51.0 Å². The highest BCUT2D eigenvalue weighted by molar-refractivity contribution is 5.94. The van der Waals surface area contributed by atoms with Crippen LogP contribution in [-0.4, -0.2) is 31.6 Å². The number of carbonyl (C=O) groups is 1. The minimum atomic E-state index is 0.0973. The van der Waals surface area contributed by atoms with Gasteiger partial charge in [-0.1, -0.05) is 0 Å². The number of carbonyl (C=O) groups excluding carboxylic acids is 1. The number of aryl methyl sites for hydroxylation is 1. The number of hydrogen-bond acceptors (Lipinski definition) is 3. The van der Waals surface area contributed by atoms with Crippen LogP contribution in [0.3, 0.4) is 0 Å². The fourth-order valence-corrected chi connectivity index (χ4v) is 3.55. The van der Waals surface area contributed by atoms with Crippen molar-refractivity contribution >= 4 is 5.91 Å². The third kappa shape index (κ3) is 1.59. The molecule has 2 aromatic heterocycles. The van der Waals surface area contributed by atoms with Gasteiger partial charge in [0.25, 0.3) is 5.91 Å². The van der Waals surface area contributed by atoms with E-state index in [9.17, 15) is 4.79 Å². The van der Waals surface area contributed by atoms with Crippen LogP contribution in [0.1, 0.15) is 40.5 Å². The van der Waals surface area contributed by atoms with Crippen LogP contribution >= 0.6 is 0 Å². The lowest BCUT2D eigenvalue weighted by Gasteiger charge is -2.34. The Kier molecular flexibility index (Phi) is 2.42. The van der Waals surface area contributed by atoms with Crippen molar-refractivity contribution < 1.29 is 4.79 Å². The monoisotopic (exact) mass is 268 g/mol. The lowest BCUT2D eigenvalue weighted by atomic mass is 9.99. The molecule has 2 atom stereocenters. The smallest absolute Gasteiger partial charge is 0.256 e. The zero-order valence-corrected chi connectivity index (χ0v) is 11.4. The van der Waals surface area contributed by atoms with E-state index in [1.54, 1.807) is 12.4 Å². The molecule has 5 nitrogen and oxygen atoms in total. The maximum absolute atomic E-state index is 12.7. The summed E-state index contributed by atoms with van der Waals surface area (Å²) >= 11 is 0. The molecule has 5 heteroatoms. The molecule has 2 aliphatic heterocycles. The second-order valence-corrected chi connectivity index (χ2v) is 5.61. The SMILES string of the molecule is Cn1cc2c(n1)CC1CCC2N1C(=O)c1cccnc1. The van der Waals surface area contributed by atoms with Crippen molar-refractivity contribution in [3.8, 4) is 0 Å². The van der Waals surface area contributed by atoms with E-state index < -0.39 is 0 Å². The first kappa shape index (κ1) is 11.6. The van der Waals surface area contributed by atoms with Gasteiger partial charge in [0, 0.05) is 43.7 Å². The molecular formula is C15H16N4O. The van der Waals surface area contributed by atoms with Gasteiger partial charge in [-0.25, -0.2) is 0 Å². The van der Waals surface area contributed by atoms with Crippen molar-refractivity contribution in [2.24, 2.45) is 7.05 Å². The Morgan fingerprint density at radius 3 is 3.10 bits per heavy atom. The number of nitrogens with zero attached hydrogens (tertiary/aromatic N) is 4. The van der Waals surface area contributed by atoms with Crippen molar-refractivity contribution in [2.45, 2.75) is 31.3 Å². The predicted molar refractivity (Wildman–Crippen MR) is 73.1 cm³/mol. The van der Waals surface area contributed by atoms with E-state index in [1.807, 2.05) is 28.8 Å². The lowest BCUT2D eigenvalue weighted by molar-refractivity contribution is 0.0645. The first-order valence-corrected chi connectivity index (χ1v) is 6.99. The average molecular weight is 268 g/mol. The molecule has 0 saturated carbocycles. The minimum absolute atomic E-state index is 0.0973. The fourth-order valence-electron chi connectivity index (χ4n) is 3.55. The molecule has 20 heavy (non-hydrogen) atoms. The molecule has 0 N–H and O–H groups in total. The standard InChI is InChI=1S/C15H16N4O/c1-18-9-12-13(17-18)7-11-4-5-14(12)19(11)15(20)10-3-2-6-16-8-10/h2-3,6,8-9,11,14H,4-5,7H2,1H3. The lowest BCUT2D eigenvalue weighted by Crippen LogP contribution is -2.41. The summed E-state index contributed by atoms with van der Waals surface area (Å²) in [4.78, 5) is 18.8. The summed E-state index contributed by atoms with van der Waals surface area (Å²) in [6, 6.07) is 4.13. The summed E-state index contributed by atoms with van der Waals surface area (Å²) in [5.41, 5.74) is 3.06. The number of fused-ring (bicyclic) bond motifs is 4. The van der Waals surface area contributed by atoms with Gasteiger partial charge in [0.15, 0.2) is 0 Å². The van der Waals surface area contributed by atoms with Crippen molar-refractivity contribution in [1.82, 2.24) is 19.7 Å². The molecule has 1 saturated heterocycles. The maximum atomic E-state index is 12.7. The zero-order valence-electron chi connectivity index (χ0n) is 11.4. The highest BCUT2D eigenvalue weighted by atomic mass is 16.2. The molecule has 1 amide bonds. The van der Waals surface area contributed by atoms with Gasteiger partial charge in [-0.2, -0.15) is 5.10 Å². The first-order chi connectivity index (χ1) is 9.74. The van der Waals surface area contributed by atoms with Gasteiger partial charge in [0.2, 0.25) is 0 Å². The highest BCUT2D eigenvalue weighted by Crippen LogP contribution is 2.43. The van der Waals surface area contributed by atoms with Crippen LogP contribution in [0.4, 0.5) is 0 Å². The van der Waals surface area contributed by atoms with Crippen LogP contribution in [0, 0.1) is 0 Å². The first-order valence-electron chi connectivity index (χ1n) is 6.99. The fraction of sp³-hybridized carbons (Fsp3) is 0.400. The van der Waals surface area contributed by atoms with Gasteiger partial charge in [-0.05, 0) is 25.0 Å². The second-order valence-electron chi connectivity index (χ2n) is 5.61. The van der Waals surface area contributed by atoms with Crippen LogP contribution in [0.25, 0.3) is 0 Å². The van der Waals surface area contributed by atoms with Crippen molar-refractivity contribution in [3.63, 3.8) is 0 Å². The summed E-state index contributed by atoms with van der Waals surface area (Å²) in [5, 5.41) is 4.52. The van der Waals surface area contributed by atoms with Crippen LogP contribution in [0.5, 0.6) is 0 Å². The Balaban J connectivity index is 1.73. The van der Waals surface area contributed by atoms with Crippen LogP contribution in [0.2, 0.25) is 0 Å². The van der Waals surface area contributed by atoms with Gasteiger partial charge in [-0.3, -0.25) is 14.5 Å². The number of amides is 1. The molecule has 2 aromatic rings. The third-order valence-electron chi connectivity index (χ3n) is 4.37. The van der Waals surface area contributed by atoms with Gasteiger partial charge in [0.1, 0.15) is 0 Å². The molecule has 102 valence electrons. The van der Waals surface area contributed by atoms with Gasteiger partial charge in [0.05, 0.1) is 17.3 Å². The van der Waals surface area contributed by atoms with Crippen LogP contribution < -0.4 is 0 Å². The molecule has 0 aromatic carbocycles. The molecule has 0 spiro atoms. The van der Waals surface area contributed by atoms with E-state index in [0.29, 0.717) is 5.56 Å². The molecule has 1 fully saturated rings. The largest absolute Gasteiger partial charge is 0.328 e. The molecule has 4 rings (SSSR count). The Labute approximate surface area is 117 Å². The van der Waals surface area contributed by atoms with Crippen molar-refractivity contribution in [3.05, 3.63) is 47.5 Å². The number of pyridine rings is 1. The van der Waals surface area contributed by atoms with Gasteiger partial charge < -0.3 is 4.90 Å². The summed E-state index contributed by atoms with van der Waals surface area (Å²) in [6.45, 7) is 0. The molecular weight excluding hydrogens is 252 g/mol. The molecule has 4 heterocycles. The number of aromatic nitrogens is 3. The minimum Gasteiger partial charge on any atom is -0.328 e. The predicted octanol–water partition coefficient (Wildman–Crippen LogP) is 1.72. The molecule has 0 radical (unpaired) electrons. The Bertz CT molecular complexity index is 664. The molecule has 0 aliphatic carbocycles. The van der Waals surface area contributed by atoms with Gasteiger partial charge >= 0.3 is 0 Å². The normalized spacial score (nSPS) is 23.8. The Morgan fingerprint density at radius 1 is 1.40 bits per heavy atom. The van der Waals surface area contributed by atoms with E-state index in [4.69, 9.17) is 0 Å². The summed E-state index contributed by atoms with van der Waals surface area (Å²) in [5.74, 6) is 0.0973.